The lowest BCUT2D eigenvalue weighted by Crippen LogP contribution is -2.53. The molecule has 1 spiro atoms. The number of piperazine rings is 1. The molecule has 3 aliphatic heterocycles. The fraction of sp³-hybridized carbons (Fsp3) is 0.775. The first kappa shape index (κ1) is 32.9. The van der Waals surface area contributed by atoms with Gasteiger partial charge in [0.25, 0.3) is 0 Å². The fourth-order valence-corrected chi connectivity index (χ4v) is 12.1. The van der Waals surface area contributed by atoms with Crippen LogP contribution in [0.2, 0.25) is 0 Å². The summed E-state index contributed by atoms with van der Waals surface area (Å²) in [5.74, 6) is 4.15. The van der Waals surface area contributed by atoms with Crippen LogP contribution in [0.5, 0.6) is 11.5 Å². The van der Waals surface area contributed by atoms with Crippen LogP contribution in [0.15, 0.2) is 29.8 Å². The van der Waals surface area contributed by atoms with Crippen molar-refractivity contribution in [2.24, 2.45) is 46.3 Å². The van der Waals surface area contributed by atoms with Crippen LogP contribution < -0.4 is 4.74 Å². The Bertz CT molecular complexity index is 1410. The molecule has 1 aromatic rings. The molecule has 264 valence electrons. The maximum atomic E-state index is 13.3. The summed E-state index contributed by atoms with van der Waals surface area (Å²) in [7, 11) is 1.57. The second-order valence-electron chi connectivity index (χ2n) is 17.3. The van der Waals surface area contributed by atoms with Crippen LogP contribution in [0.4, 0.5) is 4.79 Å². The summed E-state index contributed by atoms with van der Waals surface area (Å²) in [6, 6.07) is 5.50. The molecule has 1 N–H and O–H groups in total. The molecule has 3 saturated carbocycles. The third-order valence-corrected chi connectivity index (χ3v) is 14.9. The van der Waals surface area contributed by atoms with E-state index in [1.54, 1.807) is 18.7 Å². The van der Waals surface area contributed by atoms with E-state index in [4.69, 9.17) is 18.9 Å². The predicted octanol–water partition coefficient (Wildman–Crippen LogP) is 7.39. The molecule has 0 bridgehead atoms. The van der Waals surface area contributed by atoms with Gasteiger partial charge < -0.3 is 29.0 Å². The van der Waals surface area contributed by atoms with Crippen molar-refractivity contribution < 1.29 is 28.8 Å². The highest BCUT2D eigenvalue weighted by Gasteiger charge is 2.68. The highest BCUT2D eigenvalue weighted by Crippen LogP contribution is 2.70. The molecule has 4 aliphatic carbocycles. The van der Waals surface area contributed by atoms with Gasteiger partial charge >= 0.3 is 6.09 Å². The highest BCUT2D eigenvalue weighted by atomic mass is 16.7. The molecule has 48 heavy (non-hydrogen) atoms. The Labute approximate surface area is 287 Å². The van der Waals surface area contributed by atoms with Crippen molar-refractivity contribution in [3.63, 3.8) is 0 Å². The smallest absolute Gasteiger partial charge is 0.410 e. The van der Waals surface area contributed by atoms with Gasteiger partial charge in [-0.3, -0.25) is 4.90 Å². The summed E-state index contributed by atoms with van der Waals surface area (Å²) < 4.78 is 25.0. The molecule has 3 saturated heterocycles. The normalized spacial score (nSPS) is 43.9. The lowest BCUT2D eigenvalue weighted by Gasteiger charge is -2.58. The second-order valence-corrected chi connectivity index (χ2v) is 17.3. The van der Waals surface area contributed by atoms with Crippen molar-refractivity contribution in [1.82, 2.24) is 9.80 Å². The van der Waals surface area contributed by atoms with Gasteiger partial charge in [-0.1, -0.05) is 45.4 Å². The van der Waals surface area contributed by atoms with Crippen LogP contribution in [0, 0.1) is 46.3 Å². The van der Waals surface area contributed by atoms with E-state index >= 15 is 0 Å². The Morgan fingerprint density at radius 2 is 1.85 bits per heavy atom. The number of phenolic OH excluding ortho intramolecular Hbond substituents is 1. The molecule has 0 unspecified atom stereocenters. The summed E-state index contributed by atoms with van der Waals surface area (Å²) in [5.41, 5.74) is 3.18. The first-order valence-corrected chi connectivity index (χ1v) is 19.1. The molecule has 8 heteroatoms. The van der Waals surface area contributed by atoms with Crippen LogP contribution in [0.25, 0.3) is 0 Å². The van der Waals surface area contributed by atoms with Gasteiger partial charge in [-0.05, 0) is 103 Å². The Kier molecular flexibility index (Phi) is 8.35. The molecule has 1 aromatic carbocycles. The standard InChI is InChI=1S/C40H58N2O6/c1-25-10-15-40(46-24-25)26(2)36-35(48-40)22-32-30-8-7-28-21-29(11-13-38(28,3)31(30)12-14-39(32,36)4)47-37(44)42-18-16-41(17-19-42)23-27-6-9-33(43)34(20-27)45-5/h6-7,9,20,25-26,29-32,35-36,43H,8,10-19,21-24H2,1-5H3/t25-,26+,29+,30-,31+,32+,35+,36+,38+,39+,40-/m1/s1. The largest absolute Gasteiger partial charge is 0.504 e. The number of carbonyl (C=O) groups is 1. The Morgan fingerprint density at radius 3 is 2.60 bits per heavy atom. The zero-order chi connectivity index (χ0) is 33.4. The lowest BCUT2D eigenvalue weighted by atomic mass is 9.47. The van der Waals surface area contributed by atoms with Crippen LogP contribution in [-0.4, -0.2) is 78.9 Å². The van der Waals surface area contributed by atoms with E-state index in [-0.39, 0.29) is 29.1 Å². The van der Waals surface area contributed by atoms with Gasteiger partial charge in [0.2, 0.25) is 0 Å². The predicted molar refractivity (Wildman–Crippen MR) is 183 cm³/mol. The van der Waals surface area contributed by atoms with E-state index in [0.717, 1.165) is 63.4 Å². The van der Waals surface area contributed by atoms with Crippen LogP contribution in [-0.2, 0) is 20.8 Å². The number of phenols is 1. The number of ether oxygens (including phenoxy) is 4. The molecule has 8 rings (SSSR count). The monoisotopic (exact) mass is 662 g/mol. The average Bonchev–Trinajstić information content (AvgIpc) is 3.53. The minimum absolute atomic E-state index is 0.0285. The summed E-state index contributed by atoms with van der Waals surface area (Å²) in [6.45, 7) is 14.4. The number of benzene rings is 1. The van der Waals surface area contributed by atoms with Gasteiger partial charge in [0, 0.05) is 51.5 Å². The first-order valence-electron chi connectivity index (χ1n) is 19.1. The fourth-order valence-electron chi connectivity index (χ4n) is 12.1. The van der Waals surface area contributed by atoms with Gasteiger partial charge in [0.05, 0.1) is 19.8 Å². The van der Waals surface area contributed by atoms with Crippen molar-refractivity contribution in [3.8, 4) is 11.5 Å². The molecule has 0 radical (unpaired) electrons. The van der Waals surface area contributed by atoms with Crippen LogP contribution >= 0.6 is 0 Å². The number of carbonyl (C=O) groups excluding carboxylic acids is 1. The molecule has 6 fully saturated rings. The number of amides is 1. The summed E-state index contributed by atoms with van der Waals surface area (Å²) in [5, 5.41) is 9.91. The summed E-state index contributed by atoms with van der Waals surface area (Å²) in [4.78, 5) is 17.6. The van der Waals surface area contributed by atoms with E-state index in [1.165, 1.54) is 32.1 Å². The highest BCUT2D eigenvalue weighted by molar-refractivity contribution is 5.68. The number of hydrogen-bond acceptors (Lipinski definition) is 7. The van der Waals surface area contributed by atoms with E-state index < -0.39 is 0 Å². The van der Waals surface area contributed by atoms with Crippen molar-refractivity contribution >= 4 is 6.09 Å². The van der Waals surface area contributed by atoms with Gasteiger partial charge in [-0.15, -0.1) is 0 Å². The molecule has 1 amide bonds. The zero-order valence-corrected chi connectivity index (χ0v) is 29.9. The van der Waals surface area contributed by atoms with Crippen molar-refractivity contribution in [2.45, 2.75) is 110 Å². The molecule has 11 atom stereocenters. The van der Waals surface area contributed by atoms with Crippen LogP contribution in [0.3, 0.4) is 0 Å². The van der Waals surface area contributed by atoms with E-state index in [1.807, 2.05) is 17.0 Å². The number of rotatable bonds is 4. The van der Waals surface area contributed by atoms with E-state index in [0.29, 0.717) is 59.9 Å². The number of methoxy groups -OCH3 is 1. The van der Waals surface area contributed by atoms with Crippen molar-refractivity contribution in [3.05, 3.63) is 35.4 Å². The Morgan fingerprint density at radius 1 is 1.04 bits per heavy atom. The van der Waals surface area contributed by atoms with Gasteiger partial charge in [0.15, 0.2) is 17.3 Å². The van der Waals surface area contributed by atoms with Crippen molar-refractivity contribution in [2.75, 3.05) is 39.9 Å². The Balaban J connectivity index is 0.870. The number of aromatic hydroxyl groups is 1. The van der Waals surface area contributed by atoms with E-state index in [2.05, 4.69) is 38.7 Å². The number of fused-ring (bicyclic) bond motifs is 7. The number of allylic oxidation sites excluding steroid dienone is 1. The maximum absolute atomic E-state index is 13.3. The third-order valence-electron chi connectivity index (χ3n) is 14.9. The average molecular weight is 663 g/mol. The van der Waals surface area contributed by atoms with Gasteiger partial charge in [-0.25, -0.2) is 4.79 Å². The Hall–Kier alpha value is -2.29. The van der Waals surface area contributed by atoms with Crippen LogP contribution in [0.1, 0.15) is 91.0 Å². The SMILES string of the molecule is COc1cc(CN2CCN(C(=O)O[C@H]3CC[C@@]4(C)C(=CC[C@H]5[C@@H]6C[C@@H]7O[C@]8(CC[C@@H](C)CO8)[C@@H](C)[C@@H]7[C@@]6(C)CC[C@@H]54)C3)CC2)ccc1O. The lowest BCUT2D eigenvalue weighted by molar-refractivity contribution is -0.272. The molecular formula is C40H58N2O6. The summed E-state index contributed by atoms with van der Waals surface area (Å²) >= 11 is 0. The molecule has 8 nitrogen and oxygen atoms in total. The quantitative estimate of drug-likeness (QED) is 0.337. The minimum atomic E-state index is -0.343. The molecule has 3 heterocycles. The molecular weight excluding hydrogens is 604 g/mol. The van der Waals surface area contributed by atoms with Gasteiger partial charge in [0.1, 0.15) is 6.10 Å². The summed E-state index contributed by atoms with van der Waals surface area (Å²) in [6.07, 6.45) is 12.9. The topological polar surface area (TPSA) is 80.7 Å². The number of nitrogens with zero attached hydrogens (tertiary/aromatic N) is 2. The first-order chi connectivity index (χ1) is 23.0. The molecule has 7 aliphatic rings. The van der Waals surface area contributed by atoms with Crippen molar-refractivity contribution in [1.29, 1.82) is 0 Å². The molecule has 0 aromatic heterocycles. The minimum Gasteiger partial charge on any atom is -0.504 e. The number of hydrogen-bond donors (Lipinski definition) is 1. The second kappa shape index (κ2) is 12.2. The van der Waals surface area contributed by atoms with E-state index in [9.17, 15) is 9.90 Å². The third kappa shape index (κ3) is 5.30. The van der Waals surface area contributed by atoms with Gasteiger partial charge in [-0.2, -0.15) is 0 Å². The maximum Gasteiger partial charge on any atom is 0.410 e. The zero-order valence-electron chi connectivity index (χ0n) is 29.9.